The summed E-state index contributed by atoms with van der Waals surface area (Å²) in [6.45, 7) is 2.12. The number of nitrogens with one attached hydrogen (secondary N) is 3. The molecule has 1 atom stereocenters. The maximum absolute atomic E-state index is 12.8. The van der Waals surface area contributed by atoms with E-state index in [0.29, 0.717) is 6.42 Å². The number of imide groups is 1. The highest BCUT2D eigenvalue weighted by atomic mass is 32.2. The first-order valence-electron chi connectivity index (χ1n) is 7.65. The van der Waals surface area contributed by atoms with Crippen LogP contribution >= 0.6 is 0 Å². The minimum atomic E-state index is -4.03. The summed E-state index contributed by atoms with van der Waals surface area (Å²) in [5, 5.41) is 4.45. The monoisotopic (exact) mass is 389 g/mol. The molecule has 0 spiro atoms. The number of carbonyl (C=O) groups excluding carboxylic acids is 3. The maximum atomic E-state index is 12.8. The van der Waals surface area contributed by atoms with Gasteiger partial charge >= 0.3 is 12.0 Å². The summed E-state index contributed by atoms with van der Waals surface area (Å²) in [7, 11) is -4.03. The molecule has 144 valence electrons. The van der Waals surface area contributed by atoms with E-state index in [2.05, 4.69) is 10.1 Å². The molecule has 1 rings (SSSR count). The second kappa shape index (κ2) is 9.82. The number of halogens is 1. The largest absolute Gasteiger partial charge is 0.455 e. The van der Waals surface area contributed by atoms with Crippen LogP contribution in [0.1, 0.15) is 20.3 Å². The van der Waals surface area contributed by atoms with Crippen molar-refractivity contribution in [1.29, 1.82) is 0 Å². The summed E-state index contributed by atoms with van der Waals surface area (Å²) in [6, 6.07) is 3.13. The van der Waals surface area contributed by atoms with Gasteiger partial charge in [0.2, 0.25) is 10.0 Å². The van der Waals surface area contributed by atoms with Crippen molar-refractivity contribution < 1.29 is 31.9 Å². The highest BCUT2D eigenvalue weighted by Gasteiger charge is 2.17. The van der Waals surface area contributed by atoms with Gasteiger partial charge in [-0.15, -0.1) is 0 Å². The van der Waals surface area contributed by atoms with E-state index in [0.717, 1.165) is 24.3 Å². The van der Waals surface area contributed by atoms with Gasteiger partial charge in [-0.2, -0.15) is 4.72 Å². The maximum Gasteiger partial charge on any atom is 0.321 e. The quantitative estimate of drug-likeness (QED) is 0.547. The topological polar surface area (TPSA) is 131 Å². The number of hydrogen-bond acceptors (Lipinski definition) is 6. The highest BCUT2D eigenvalue weighted by molar-refractivity contribution is 7.89. The zero-order chi connectivity index (χ0) is 19.7. The molecule has 3 amide bonds. The van der Waals surface area contributed by atoms with Crippen LogP contribution in [0.25, 0.3) is 0 Å². The van der Waals surface area contributed by atoms with Gasteiger partial charge in [0, 0.05) is 6.04 Å². The zero-order valence-electron chi connectivity index (χ0n) is 14.2. The smallest absolute Gasteiger partial charge is 0.321 e. The Morgan fingerprint density at radius 1 is 1.19 bits per heavy atom. The molecule has 26 heavy (non-hydrogen) atoms. The summed E-state index contributed by atoms with van der Waals surface area (Å²) in [6.07, 6.45) is 0.671. The van der Waals surface area contributed by atoms with Gasteiger partial charge in [-0.3, -0.25) is 14.9 Å². The van der Waals surface area contributed by atoms with Crippen LogP contribution in [-0.2, 0) is 24.3 Å². The Bertz CT molecular complexity index is 751. The fourth-order valence-electron chi connectivity index (χ4n) is 1.57. The highest BCUT2D eigenvalue weighted by Crippen LogP contribution is 2.09. The van der Waals surface area contributed by atoms with Crippen LogP contribution in [-0.4, -0.2) is 45.5 Å². The number of amides is 3. The van der Waals surface area contributed by atoms with E-state index in [1.165, 1.54) is 0 Å². The molecule has 11 heteroatoms. The Balaban J connectivity index is 2.39. The van der Waals surface area contributed by atoms with Crippen molar-refractivity contribution in [3.63, 3.8) is 0 Å². The van der Waals surface area contributed by atoms with Gasteiger partial charge in [-0.1, -0.05) is 6.92 Å². The lowest BCUT2D eigenvalue weighted by Gasteiger charge is -2.12. The molecule has 0 fully saturated rings. The Morgan fingerprint density at radius 2 is 1.81 bits per heavy atom. The Hall–Kier alpha value is -2.53. The van der Waals surface area contributed by atoms with Crippen LogP contribution in [0.5, 0.6) is 0 Å². The Kier molecular flexibility index (Phi) is 8.13. The number of esters is 1. The van der Waals surface area contributed by atoms with Gasteiger partial charge in [0.25, 0.3) is 5.91 Å². The van der Waals surface area contributed by atoms with Crippen LogP contribution in [0, 0.1) is 5.82 Å². The minimum absolute atomic E-state index is 0.133. The first kappa shape index (κ1) is 21.5. The number of carbonyl (C=O) groups is 3. The van der Waals surface area contributed by atoms with Crippen LogP contribution in [0.15, 0.2) is 29.2 Å². The lowest BCUT2D eigenvalue weighted by atomic mass is 10.3. The molecule has 0 aliphatic rings. The molecule has 9 nitrogen and oxygen atoms in total. The van der Waals surface area contributed by atoms with Crippen molar-refractivity contribution in [3.8, 4) is 0 Å². The van der Waals surface area contributed by atoms with E-state index in [1.54, 1.807) is 6.92 Å². The second-order valence-electron chi connectivity index (χ2n) is 5.27. The third kappa shape index (κ3) is 7.57. The summed E-state index contributed by atoms with van der Waals surface area (Å²) in [5.41, 5.74) is 0. The summed E-state index contributed by atoms with van der Waals surface area (Å²) < 4.78 is 43.1. The van der Waals surface area contributed by atoms with Crippen molar-refractivity contribution in [2.75, 3.05) is 13.2 Å². The zero-order valence-corrected chi connectivity index (χ0v) is 15.1. The summed E-state index contributed by atoms with van der Waals surface area (Å²) >= 11 is 0. The van der Waals surface area contributed by atoms with Gasteiger partial charge < -0.3 is 10.1 Å². The Labute approximate surface area is 150 Å². The van der Waals surface area contributed by atoms with Crippen LogP contribution in [0.3, 0.4) is 0 Å². The molecule has 0 saturated carbocycles. The van der Waals surface area contributed by atoms with E-state index in [9.17, 15) is 27.2 Å². The second-order valence-corrected chi connectivity index (χ2v) is 7.04. The number of rotatable bonds is 8. The average Bonchev–Trinajstić information content (AvgIpc) is 2.58. The third-order valence-corrected chi connectivity index (χ3v) is 4.55. The van der Waals surface area contributed by atoms with Crippen molar-refractivity contribution in [1.82, 2.24) is 15.4 Å². The van der Waals surface area contributed by atoms with Gasteiger partial charge in [0.05, 0.1) is 4.90 Å². The van der Waals surface area contributed by atoms with Gasteiger partial charge in [-0.25, -0.2) is 17.6 Å². The van der Waals surface area contributed by atoms with Crippen LogP contribution in [0.2, 0.25) is 0 Å². The fraction of sp³-hybridized carbons (Fsp3) is 0.400. The van der Waals surface area contributed by atoms with Crippen LogP contribution < -0.4 is 15.4 Å². The van der Waals surface area contributed by atoms with E-state index in [4.69, 9.17) is 0 Å². The molecule has 1 aromatic rings. The van der Waals surface area contributed by atoms with E-state index < -0.39 is 46.9 Å². The molecule has 0 saturated heterocycles. The molecule has 0 aromatic heterocycles. The molecule has 0 unspecified atom stereocenters. The standard InChI is InChI=1S/C15H20FN3O6S/c1-3-10(2)18-15(22)19-13(20)9-25-14(21)8-17-26(23,24)12-6-4-11(16)5-7-12/h4-7,10,17H,3,8-9H2,1-2H3,(H2,18,19,20,22)/t10-/m0/s1. The molecule has 3 N–H and O–H groups in total. The molecular weight excluding hydrogens is 369 g/mol. The lowest BCUT2D eigenvalue weighted by Crippen LogP contribution is -2.45. The lowest BCUT2D eigenvalue weighted by molar-refractivity contribution is -0.147. The molecule has 0 radical (unpaired) electrons. The molecule has 1 aromatic carbocycles. The molecule has 0 heterocycles. The number of ether oxygens (including phenoxy) is 1. The predicted octanol–water partition coefficient (Wildman–Crippen LogP) is 0.272. The first-order valence-corrected chi connectivity index (χ1v) is 9.13. The van der Waals surface area contributed by atoms with Crippen molar-refractivity contribution in [2.45, 2.75) is 31.2 Å². The van der Waals surface area contributed by atoms with E-state index in [-0.39, 0.29) is 10.9 Å². The van der Waals surface area contributed by atoms with Gasteiger partial charge in [0.1, 0.15) is 12.4 Å². The molecule has 0 bridgehead atoms. The normalized spacial score (nSPS) is 12.1. The predicted molar refractivity (Wildman–Crippen MR) is 89.0 cm³/mol. The number of urea groups is 1. The van der Waals surface area contributed by atoms with Crippen molar-refractivity contribution in [3.05, 3.63) is 30.1 Å². The molecule has 0 aliphatic heterocycles. The summed E-state index contributed by atoms with van der Waals surface area (Å²) in [4.78, 5) is 34.1. The SMILES string of the molecule is CC[C@H](C)NC(=O)NC(=O)COC(=O)CNS(=O)(=O)c1ccc(F)cc1. The van der Waals surface area contributed by atoms with Crippen molar-refractivity contribution >= 4 is 27.9 Å². The van der Waals surface area contributed by atoms with Gasteiger partial charge in [-0.05, 0) is 37.6 Å². The van der Waals surface area contributed by atoms with Crippen molar-refractivity contribution in [2.24, 2.45) is 0 Å². The number of benzene rings is 1. The van der Waals surface area contributed by atoms with E-state index in [1.807, 2.05) is 17.0 Å². The first-order chi connectivity index (χ1) is 12.1. The summed E-state index contributed by atoms with van der Waals surface area (Å²) in [5.74, 6) is -2.49. The fourth-order valence-corrected chi connectivity index (χ4v) is 2.54. The Morgan fingerprint density at radius 3 is 2.38 bits per heavy atom. The number of hydrogen-bond donors (Lipinski definition) is 3. The number of sulfonamides is 1. The molecular formula is C15H20FN3O6S. The van der Waals surface area contributed by atoms with E-state index >= 15 is 0 Å². The average molecular weight is 389 g/mol. The molecule has 0 aliphatic carbocycles. The minimum Gasteiger partial charge on any atom is -0.455 e. The van der Waals surface area contributed by atoms with Gasteiger partial charge in [0.15, 0.2) is 6.61 Å². The van der Waals surface area contributed by atoms with Crippen LogP contribution in [0.4, 0.5) is 9.18 Å². The third-order valence-electron chi connectivity index (χ3n) is 3.14.